The molecule has 0 amide bonds. The molecule has 2 atom stereocenters. The van der Waals surface area contributed by atoms with Crippen LogP contribution in [0, 0.1) is 0 Å². The molecule has 0 aliphatic carbocycles. The summed E-state index contributed by atoms with van der Waals surface area (Å²) in [5.74, 6) is 1.15. The summed E-state index contributed by atoms with van der Waals surface area (Å²) in [5.41, 5.74) is 6.90. The van der Waals surface area contributed by atoms with E-state index in [0.29, 0.717) is 0 Å². The fraction of sp³-hybridized carbons (Fsp3) is 0.462. The normalized spacial score (nSPS) is 22.3. The van der Waals surface area contributed by atoms with Crippen LogP contribution in [0.5, 0.6) is 0 Å². The van der Waals surface area contributed by atoms with Crippen LogP contribution in [0.1, 0.15) is 6.92 Å². The zero-order chi connectivity index (χ0) is 12.5. The topological polar surface area (TPSA) is 55.8 Å². The Bertz CT molecular complexity index is 537. The molecule has 1 aliphatic heterocycles. The van der Waals surface area contributed by atoms with Crippen LogP contribution in [-0.2, 0) is 4.74 Å². The maximum absolute atomic E-state index is 5.93. The Labute approximate surface area is 106 Å². The molecule has 1 fully saturated rings. The first-order valence-corrected chi connectivity index (χ1v) is 6.30. The van der Waals surface area contributed by atoms with Crippen molar-refractivity contribution in [3.05, 3.63) is 30.6 Å². The summed E-state index contributed by atoms with van der Waals surface area (Å²) in [6, 6.07) is 6.20. The third-order valence-corrected chi connectivity index (χ3v) is 3.41. The van der Waals surface area contributed by atoms with Crippen LogP contribution in [-0.4, -0.2) is 41.2 Å². The Kier molecular flexibility index (Phi) is 2.93. The van der Waals surface area contributed by atoms with Gasteiger partial charge in [-0.25, -0.2) is 4.98 Å². The number of pyridine rings is 1. The largest absolute Gasteiger partial charge is 0.373 e. The van der Waals surface area contributed by atoms with Crippen molar-refractivity contribution in [1.82, 2.24) is 9.38 Å². The molecule has 5 nitrogen and oxygen atoms in total. The molecule has 96 valence electrons. The number of hydrogen-bond acceptors (Lipinski definition) is 4. The van der Waals surface area contributed by atoms with Gasteiger partial charge in [-0.05, 0) is 19.1 Å². The van der Waals surface area contributed by atoms with Crippen LogP contribution in [0.15, 0.2) is 30.6 Å². The number of morpholine rings is 1. The highest BCUT2D eigenvalue weighted by atomic mass is 16.5. The van der Waals surface area contributed by atoms with Crippen molar-refractivity contribution in [3.63, 3.8) is 0 Å². The second kappa shape index (κ2) is 4.59. The van der Waals surface area contributed by atoms with Crippen molar-refractivity contribution in [2.45, 2.75) is 19.1 Å². The summed E-state index contributed by atoms with van der Waals surface area (Å²) in [6.07, 6.45) is 3.90. The van der Waals surface area contributed by atoms with E-state index in [9.17, 15) is 0 Å². The molecule has 0 bridgehead atoms. The average molecular weight is 246 g/mol. The smallest absolute Gasteiger partial charge is 0.138 e. The lowest BCUT2D eigenvalue weighted by Gasteiger charge is -2.36. The number of imidazole rings is 1. The van der Waals surface area contributed by atoms with E-state index in [1.807, 2.05) is 31.5 Å². The lowest BCUT2D eigenvalue weighted by molar-refractivity contribution is 0.0273. The fourth-order valence-electron chi connectivity index (χ4n) is 2.39. The molecule has 0 saturated carbocycles. The van der Waals surface area contributed by atoms with E-state index in [-0.39, 0.29) is 12.1 Å². The Morgan fingerprint density at radius 1 is 1.50 bits per heavy atom. The second-order valence-corrected chi connectivity index (χ2v) is 4.75. The van der Waals surface area contributed by atoms with Gasteiger partial charge >= 0.3 is 0 Å². The van der Waals surface area contributed by atoms with Crippen LogP contribution in [0.2, 0.25) is 0 Å². The molecule has 0 spiro atoms. The van der Waals surface area contributed by atoms with Crippen LogP contribution < -0.4 is 10.6 Å². The minimum Gasteiger partial charge on any atom is -0.373 e. The van der Waals surface area contributed by atoms with Gasteiger partial charge in [-0.3, -0.25) is 4.40 Å². The summed E-state index contributed by atoms with van der Waals surface area (Å²) in [6.45, 7) is 4.43. The molecule has 1 saturated heterocycles. The molecule has 0 aromatic carbocycles. The molecule has 2 aromatic rings. The highest BCUT2D eigenvalue weighted by molar-refractivity contribution is 5.51. The van der Waals surface area contributed by atoms with Crippen molar-refractivity contribution < 1.29 is 4.74 Å². The van der Waals surface area contributed by atoms with Crippen molar-refractivity contribution in [3.8, 4) is 0 Å². The number of aromatic nitrogens is 2. The van der Waals surface area contributed by atoms with E-state index < -0.39 is 0 Å². The Hall–Kier alpha value is -1.59. The van der Waals surface area contributed by atoms with Gasteiger partial charge in [0.25, 0.3) is 0 Å². The van der Waals surface area contributed by atoms with Crippen molar-refractivity contribution in [2.24, 2.45) is 5.73 Å². The predicted octanol–water partition coefficient (Wildman–Crippen LogP) is 0.887. The summed E-state index contributed by atoms with van der Waals surface area (Å²) >= 11 is 0. The Balaban J connectivity index is 1.92. The maximum Gasteiger partial charge on any atom is 0.138 e. The molecular weight excluding hydrogens is 228 g/mol. The number of nitrogens with two attached hydrogens (primary N) is 1. The summed E-state index contributed by atoms with van der Waals surface area (Å²) in [4.78, 5) is 6.62. The number of nitrogens with zero attached hydrogens (tertiary/aromatic N) is 3. The summed E-state index contributed by atoms with van der Waals surface area (Å²) in [5, 5.41) is 0. The zero-order valence-corrected chi connectivity index (χ0v) is 10.5. The van der Waals surface area contributed by atoms with Gasteiger partial charge in [0, 0.05) is 31.5 Å². The molecule has 5 heteroatoms. The molecule has 3 rings (SSSR count). The molecule has 2 unspecified atom stereocenters. The zero-order valence-electron chi connectivity index (χ0n) is 10.5. The summed E-state index contributed by atoms with van der Waals surface area (Å²) < 4.78 is 7.79. The van der Waals surface area contributed by atoms with Gasteiger partial charge in [0.2, 0.25) is 0 Å². The first-order valence-electron chi connectivity index (χ1n) is 6.30. The molecule has 2 aromatic heterocycles. The number of hydrogen-bond donors (Lipinski definition) is 1. The van der Waals surface area contributed by atoms with Crippen LogP contribution in [0.4, 0.5) is 5.82 Å². The lowest BCUT2D eigenvalue weighted by Crippen LogP contribution is -2.50. The van der Waals surface area contributed by atoms with Crippen molar-refractivity contribution >= 4 is 11.5 Å². The van der Waals surface area contributed by atoms with Crippen LogP contribution >= 0.6 is 0 Å². The number of rotatable bonds is 2. The van der Waals surface area contributed by atoms with E-state index in [2.05, 4.69) is 20.4 Å². The fourth-order valence-corrected chi connectivity index (χ4v) is 2.39. The van der Waals surface area contributed by atoms with Crippen molar-refractivity contribution in [1.29, 1.82) is 0 Å². The van der Waals surface area contributed by atoms with Gasteiger partial charge in [0.15, 0.2) is 0 Å². The van der Waals surface area contributed by atoms with E-state index in [4.69, 9.17) is 10.5 Å². The first kappa shape index (κ1) is 11.5. The van der Waals surface area contributed by atoms with Gasteiger partial charge in [-0.15, -0.1) is 0 Å². The van der Waals surface area contributed by atoms with Gasteiger partial charge < -0.3 is 15.4 Å². The second-order valence-electron chi connectivity index (χ2n) is 4.75. The van der Waals surface area contributed by atoms with E-state index in [1.165, 1.54) is 0 Å². The standard InChI is InChI=1S/C13H18N4O/c1-10(14)11-9-16(7-8-18-11)13-4-2-3-12-15-5-6-17(12)13/h2-6,10-11H,7-9,14H2,1H3. The van der Waals surface area contributed by atoms with E-state index in [0.717, 1.165) is 31.2 Å². The third-order valence-electron chi connectivity index (χ3n) is 3.41. The first-order chi connectivity index (χ1) is 8.75. The number of ether oxygens (including phenoxy) is 1. The molecule has 2 N–H and O–H groups in total. The predicted molar refractivity (Wildman–Crippen MR) is 70.8 cm³/mol. The van der Waals surface area contributed by atoms with Crippen LogP contribution in [0.25, 0.3) is 5.65 Å². The van der Waals surface area contributed by atoms with Gasteiger partial charge in [0.05, 0.1) is 12.7 Å². The molecular formula is C13H18N4O. The third kappa shape index (κ3) is 1.95. The Morgan fingerprint density at radius 2 is 2.39 bits per heavy atom. The quantitative estimate of drug-likeness (QED) is 0.855. The van der Waals surface area contributed by atoms with Gasteiger partial charge in [-0.2, -0.15) is 0 Å². The minimum atomic E-state index is 0.0507. The van der Waals surface area contributed by atoms with Gasteiger partial charge in [-0.1, -0.05) is 6.07 Å². The maximum atomic E-state index is 5.93. The Morgan fingerprint density at radius 3 is 3.22 bits per heavy atom. The minimum absolute atomic E-state index is 0.0507. The molecule has 18 heavy (non-hydrogen) atoms. The lowest BCUT2D eigenvalue weighted by atomic mass is 10.1. The average Bonchev–Trinajstić information content (AvgIpc) is 2.87. The van der Waals surface area contributed by atoms with Gasteiger partial charge in [0.1, 0.15) is 11.5 Å². The SMILES string of the molecule is CC(N)C1CN(c2cccc3nccn23)CCO1. The number of fused-ring (bicyclic) bond motifs is 1. The highest BCUT2D eigenvalue weighted by Crippen LogP contribution is 2.19. The monoisotopic (exact) mass is 246 g/mol. The number of anilines is 1. The van der Waals surface area contributed by atoms with Crippen molar-refractivity contribution in [2.75, 3.05) is 24.6 Å². The highest BCUT2D eigenvalue weighted by Gasteiger charge is 2.24. The summed E-state index contributed by atoms with van der Waals surface area (Å²) in [7, 11) is 0. The van der Waals surface area contributed by atoms with E-state index >= 15 is 0 Å². The van der Waals surface area contributed by atoms with Crippen LogP contribution in [0.3, 0.4) is 0 Å². The molecule has 0 radical (unpaired) electrons. The molecule has 1 aliphatic rings. The molecule has 3 heterocycles. The van der Waals surface area contributed by atoms with E-state index in [1.54, 1.807) is 0 Å².